The van der Waals surface area contributed by atoms with Crippen LogP contribution in [0.2, 0.25) is 20.1 Å². The van der Waals surface area contributed by atoms with Crippen LogP contribution in [0.4, 0.5) is 0 Å². The molecule has 2 aromatic rings. The van der Waals surface area contributed by atoms with Crippen molar-refractivity contribution in [1.82, 2.24) is 19.6 Å². The summed E-state index contributed by atoms with van der Waals surface area (Å²) in [6.07, 6.45) is 8.37. The zero-order valence-electron chi connectivity index (χ0n) is 30.4. The van der Waals surface area contributed by atoms with Crippen molar-refractivity contribution in [3.05, 3.63) is 79.8 Å². The molecule has 0 aliphatic carbocycles. The van der Waals surface area contributed by atoms with Gasteiger partial charge in [0.2, 0.25) is 11.8 Å². The molecule has 4 unspecified atom stereocenters. The maximum Gasteiger partial charge on any atom is 0.331 e. The predicted octanol–water partition coefficient (Wildman–Crippen LogP) is 6.64. The van der Waals surface area contributed by atoms with E-state index in [1.807, 2.05) is 21.9 Å². The predicted molar refractivity (Wildman–Crippen MR) is 210 cm³/mol. The number of carbonyl (C=O) groups is 4. The standard InChI is InChI=1S/C40H48Cl4N4O6/c41-33-7-5-27(19-35(33)43)21-37(49)47-17-11-31(23-29(47)25-45-13-1-2-14-45)53-39(51)9-10-40(52)54-32-12-18-48(30(24-32)26-46-15-3-4-16-46)38(50)22-28-6-8-34(42)36(44)20-28/h5-10,19-20,29-32H,1-4,11-18,21-26H2/b10-9-. The van der Waals surface area contributed by atoms with Crippen molar-refractivity contribution in [2.75, 3.05) is 52.4 Å². The Labute approximate surface area is 337 Å². The molecule has 4 fully saturated rings. The third kappa shape index (κ3) is 11.4. The highest BCUT2D eigenvalue weighted by Crippen LogP contribution is 2.28. The highest BCUT2D eigenvalue weighted by atomic mass is 35.5. The number of esters is 2. The van der Waals surface area contributed by atoms with Crippen molar-refractivity contribution in [2.45, 2.75) is 88.5 Å². The largest absolute Gasteiger partial charge is 0.459 e. The molecule has 292 valence electrons. The van der Waals surface area contributed by atoms with E-state index >= 15 is 0 Å². The van der Waals surface area contributed by atoms with Gasteiger partial charge in [0.25, 0.3) is 0 Å². The van der Waals surface area contributed by atoms with Crippen LogP contribution in [0.5, 0.6) is 0 Å². The Balaban J connectivity index is 1.01. The molecule has 0 bridgehead atoms. The number of hydrogen-bond acceptors (Lipinski definition) is 8. The summed E-state index contributed by atoms with van der Waals surface area (Å²) < 4.78 is 11.6. The van der Waals surface area contributed by atoms with E-state index in [0.29, 0.717) is 72.0 Å². The van der Waals surface area contributed by atoms with E-state index in [4.69, 9.17) is 55.9 Å². The highest BCUT2D eigenvalue weighted by molar-refractivity contribution is 6.42. The third-order valence-electron chi connectivity index (χ3n) is 10.9. The number of amides is 2. The molecule has 10 nitrogen and oxygen atoms in total. The molecular formula is C40H48Cl4N4O6. The number of rotatable bonds is 12. The molecule has 0 saturated carbocycles. The summed E-state index contributed by atoms with van der Waals surface area (Å²) in [5.74, 6) is -1.26. The van der Waals surface area contributed by atoms with Crippen LogP contribution >= 0.6 is 46.4 Å². The maximum atomic E-state index is 13.5. The first-order valence-corrected chi connectivity index (χ1v) is 20.5. The molecule has 54 heavy (non-hydrogen) atoms. The summed E-state index contributed by atoms with van der Waals surface area (Å²) in [5.41, 5.74) is 1.59. The van der Waals surface area contributed by atoms with Crippen molar-refractivity contribution in [1.29, 1.82) is 0 Å². The van der Waals surface area contributed by atoms with Gasteiger partial charge in [0.1, 0.15) is 12.2 Å². The lowest BCUT2D eigenvalue weighted by Gasteiger charge is -2.41. The Bertz CT molecular complexity index is 1580. The fourth-order valence-corrected chi connectivity index (χ4v) is 8.81. The molecule has 0 radical (unpaired) electrons. The van der Waals surface area contributed by atoms with Crippen molar-refractivity contribution < 1.29 is 28.7 Å². The Morgan fingerprint density at radius 3 is 1.33 bits per heavy atom. The first-order valence-electron chi connectivity index (χ1n) is 19.0. The fraction of sp³-hybridized carbons (Fsp3) is 0.550. The fourth-order valence-electron chi connectivity index (χ4n) is 8.17. The van der Waals surface area contributed by atoms with Gasteiger partial charge < -0.3 is 29.1 Å². The van der Waals surface area contributed by atoms with E-state index in [-0.39, 0.29) is 36.7 Å². The lowest BCUT2D eigenvalue weighted by Crippen LogP contribution is -2.53. The summed E-state index contributed by atoms with van der Waals surface area (Å²) in [6.45, 7) is 6.25. The van der Waals surface area contributed by atoms with E-state index < -0.39 is 24.1 Å². The van der Waals surface area contributed by atoms with Gasteiger partial charge in [0.15, 0.2) is 0 Å². The summed E-state index contributed by atoms with van der Waals surface area (Å²) in [7, 11) is 0. The van der Waals surface area contributed by atoms with Gasteiger partial charge in [-0.15, -0.1) is 0 Å². The number of benzene rings is 2. The molecule has 4 saturated heterocycles. The number of hydrogen-bond donors (Lipinski definition) is 0. The molecule has 0 N–H and O–H groups in total. The average molecular weight is 823 g/mol. The first-order chi connectivity index (χ1) is 26.0. The normalized spacial score (nSPS) is 23.9. The summed E-state index contributed by atoms with van der Waals surface area (Å²) in [6, 6.07) is 10.2. The van der Waals surface area contributed by atoms with Gasteiger partial charge in [-0.3, -0.25) is 9.59 Å². The number of halogens is 4. The van der Waals surface area contributed by atoms with E-state index in [1.165, 1.54) is 0 Å². The Kier molecular flexibility index (Phi) is 14.6. The van der Waals surface area contributed by atoms with E-state index in [0.717, 1.165) is 75.1 Å². The van der Waals surface area contributed by atoms with Gasteiger partial charge in [-0.1, -0.05) is 58.5 Å². The lowest BCUT2D eigenvalue weighted by atomic mass is 9.97. The van der Waals surface area contributed by atoms with Crippen LogP contribution in [0.1, 0.15) is 62.5 Å². The molecule has 14 heteroatoms. The van der Waals surface area contributed by atoms with Gasteiger partial charge >= 0.3 is 11.9 Å². The highest BCUT2D eigenvalue weighted by Gasteiger charge is 2.36. The SMILES string of the molecule is O=C(/C=C\C(=O)OC1CCN(C(=O)Cc2ccc(Cl)c(Cl)c2)C(CN2CCCC2)C1)OC1CCN(C(=O)Cc2ccc(Cl)c(Cl)c2)C(CN2CCCC2)C1. The molecule has 2 amide bonds. The Morgan fingerprint density at radius 1 is 0.574 bits per heavy atom. The molecule has 6 rings (SSSR count). The second-order valence-corrected chi connectivity index (χ2v) is 16.5. The van der Waals surface area contributed by atoms with Crippen molar-refractivity contribution in [3.8, 4) is 0 Å². The molecule has 4 aliphatic rings. The van der Waals surface area contributed by atoms with Crippen LogP contribution in [0, 0.1) is 0 Å². The van der Waals surface area contributed by atoms with Gasteiger partial charge in [0.05, 0.1) is 32.9 Å². The second-order valence-electron chi connectivity index (χ2n) is 14.8. The molecule has 0 aromatic heterocycles. The van der Waals surface area contributed by atoms with E-state index in [1.54, 1.807) is 24.3 Å². The Morgan fingerprint density at radius 2 is 0.963 bits per heavy atom. The van der Waals surface area contributed by atoms with Crippen molar-refractivity contribution >= 4 is 70.2 Å². The molecule has 0 spiro atoms. The van der Waals surface area contributed by atoms with Crippen molar-refractivity contribution in [3.63, 3.8) is 0 Å². The van der Waals surface area contributed by atoms with Gasteiger partial charge in [0, 0.05) is 76.1 Å². The smallest absolute Gasteiger partial charge is 0.331 e. The minimum absolute atomic E-state index is 0.00524. The van der Waals surface area contributed by atoms with E-state index in [9.17, 15) is 19.2 Å². The number of likely N-dealkylation sites (tertiary alicyclic amines) is 4. The summed E-state index contributed by atoms with van der Waals surface area (Å²) >= 11 is 24.5. The first kappa shape index (κ1) is 40.8. The molecule has 4 heterocycles. The van der Waals surface area contributed by atoms with Crippen LogP contribution in [-0.4, -0.2) is 120 Å². The Hall–Kier alpha value is -2.86. The van der Waals surface area contributed by atoms with Crippen molar-refractivity contribution in [2.24, 2.45) is 0 Å². The van der Waals surface area contributed by atoms with Crippen LogP contribution < -0.4 is 0 Å². The van der Waals surface area contributed by atoms with Crippen LogP contribution in [0.25, 0.3) is 0 Å². The molecule has 2 aromatic carbocycles. The summed E-state index contributed by atoms with van der Waals surface area (Å²) in [4.78, 5) is 61.4. The van der Waals surface area contributed by atoms with Crippen LogP contribution in [0.15, 0.2) is 48.6 Å². The van der Waals surface area contributed by atoms with Crippen LogP contribution in [0.3, 0.4) is 0 Å². The molecule has 4 aliphatic heterocycles. The molecule has 4 atom stereocenters. The third-order valence-corrected chi connectivity index (χ3v) is 12.4. The van der Waals surface area contributed by atoms with Gasteiger partial charge in [-0.2, -0.15) is 0 Å². The quantitative estimate of drug-likeness (QED) is 0.174. The van der Waals surface area contributed by atoms with Gasteiger partial charge in [-0.25, -0.2) is 9.59 Å². The van der Waals surface area contributed by atoms with E-state index in [2.05, 4.69) is 9.80 Å². The monoisotopic (exact) mass is 820 g/mol. The molecular weight excluding hydrogens is 774 g/mol. The zero-order valence-corrected chi connectivity index (χ0v) is 33.4. The lowest BCUT2D eigenvalue weighted by molar-refractivity contribution is -0.152. The second kappa shape index (κ2) is 19.3. The van der Waals surface area contributed by atoms with Crippen LogP contribution in [-0.2, 0) is 41.5 Å². The number of nitrogens with zero attached hydrogens (tertiary/aromatic N) is 4. The maximum absolute atomic E-state index is 13.5. The van der Waals surface area contributed by atoms with Gasteiger partial charge in [-0.05, 0) is 87.3 Å². The topological polar surface area (TPSA) is 99.7 Å². The average Bonchev–Trinajstić information content (AvgIpc) is 3.86. The minimum atomic E-state index is -0.623. The minimum Gasteiger partial charge on any atom is -0.459 e. The summed E-state index contributed by atoms with van der Waals surface area (Å²) in [5, 5.41) is 1.71. The number of piperidine rings is 2. The zero-order chi connectivity index (χ0) is 38.2. The number of ether oxygens (including phenoxy) is 2. The number of carbonyl (C=O) groups excluding carboxylic acids is 4.